The molecule has 0 saturated heterocycles. The largest absolute Gasteiger partial charge is 1.00 e. The third kappa shape index (κ3) is 2.79. The molecule has 0 atom stereocenters. The average Bonchev–Trinajstić information content (AvgIpc) is 2.66. The Labute approximate surface area is 105 Å². The van der Waals surface area contributed by atoms with Crippen molar-refractivity contribution in [3.05, 3.63) is 54.1 Å². The highest BCUT2D eigenvalue weighted by Gasteiger charge is 2.11. The van der Waals surface area contributed by atoms with Gasteiger partial charge in [0.05, 0.1) is 0 Å². The van der Waals surface area contributed by atoms with Gasteiger partial charge in [-0.15, -0.1) is 0 Å². The quantitative estimate of drug-likeness (QED) is 0.539. The monoisotopic (exact) mass is 280 g/mol. The molecular formula is C12H13BrN2O. The van der Waals surface area contributed by atoms with Crippen molar-refractivity contribution in [3.63, 3.8) is 0 Å². The second-order valence-electron chi connectivity index (χ2n) is 3.46. The number of ketones is 1. The van der Waals surface area contributed by atoms with Crippen molar-refractivity contribution < 1.29 is 26.3 Å². The standard InChI is InChI=1S/C12H12N2O.BrH/c1-10-13-7-8-14(10)9-12(15)11-5-3-2-4-6-11;/h2-8H,9H2,1H3;1H. The summed E-state index contributed by atoms with van der Waals surface area (Å²) < 4.78 is 1.90. The van der Waals surface area contributed by atoms with Crippen molar-refractivity contribution in [2.45, 2.75) is 13.5 Å². The molecule has 84 valence electrons. The Kier molecular flexibility index (Phi) is 4.43. The molecular weight excluding hydrogens is 268 g/mol. The van der Waals surface area contributed by atoms with E-state index in [-0.39, 0.29) is 22.8 Å². The van der Waals surface area contributed by atoms with Crippen LogP contribution in [0.2, 0.25) is 0 Å². The van der Waals surface area contributed by atoms with Crippen molar-refractivity contribution in [3.8, 4) is 0 Å². The summed E-state index contributed by atoms with van der Waals surface area (Å²) in [6.45, 7) is 2.33. The fourth-order valence-corrected chi connectivity index (χ4v) is 1.48. The molecule has 0 aliphatic heterocycles. The maximum Gasteiger partial charge on any atom is 0.251 e. The number of nitrogens with zero attached hydrogens (tertiary/aromatic N) is 1. The van der Waals surface area contributed by atoms with E-state index in [0.29, 0.717) is 6.54 Å². The lowest BCUT2D eigenvalue weighted by Crippen LogP contribution is -3.00. The maximum absolute atomic E-state index is 11.8. The zero-order valence-corrected chi connectivity index (χ0v) is 10.6. The number of aromatic nitrogens is 2. The second kappa shape index (κ2) is 5.61. The van der Waals surface area contributed by atoms with Crippen LogP contribution in [0.1, 0.15) is 16.2 Å². The number of aryl methyl sites for hydroxylation is 1. The first-order valence-corrected chi connectivity index (χ1v) is 4.89. The first kappa shape index (κ1) is 12.6. The molecule has 0 unspecified atom stereocenters. The first-order valence-electron chi connectivity index (χ1n) is 4.89. The van der Waals surface area contributed by atoms with Crippen LogP contribution in [-0.4, -0.2) is 10.8 Å². The van der Waals surface area contributed by atoms with Crippen LogP contribution in [0.3, 0.4) is 0 Å². The molecule has 1 heterocycles. The SMILES string of the molecule is Cc1[nH]cc[n+]1CC(=O)c1ccccc1.[Br-]. The number of carbonyl (C=O) groups excluding carboxylic acids is 1. The topological polar surface area (TPSA) is 36.7 Å². The van der Waals surface area contributed by atoms with Crippen molar-refractivity contribution in [2.24, 2.45) is 0 Å². The Morgan fingerprint density at radius 2 is 2.00 bits per heavy atom. The molecule has 0 fully saturated rings. The number of hydrogen-bond acceptors (Lipinski definition) is 1. The van der Waals surface area contributed by atoms with Crippen molar-refractivity contribution in [1.29, 1.82) is 0 Å². The minimum atomic E-state index is 0. The van der Waals surface area contributed by atoms with E-state index in [1.165, 1.54) is 0 Å². The first-order chi connectivity index (χ1) is 7.27. The van der Waals surface area contributed by atoms with E-state index in [4.69, 9.17) is 0 Å². The predicted molar refractivity (Wildman–Crippen MR) is 56.5 cm³/mol. The Morgan fingerprint density at radius 1 is 1.31 bits per heavy atom. The Balaban J connectivity index is 0.00000128. The van der Waals surface area contributed by atoms with Gasteiger partial charge >= 0.3 is 0 Å². The van der Waals surface area contributed by atoms with Crippen LogP contribution < -0.4 is 21.5 Å². The third-order valence-corrected chi connectivity index (χ3v) is 2.39. The van der Waals surface area contributed by atoms with Crippen molar-refractivity contribution in [1.82, 2.24) is 4.98 Å². The number of H-pyrrole nitrogens is 1. The van der Waals surface area contributed by atoms with Gasteiger partial charge in [0.1, 0.15) is 12.4 Å². The van der Waals surface area contributed by atoms with E-state index in [9.17, 15) is 4.79 Å². The number of halogens is 1. The van der Waals surface area contributed by atoms with Gasteiger partial charge < -0.3 is 17.0 Å². The molecule has 1 aromatic heterocycles. The van der Waals surface area contributed by atoms with Crippen molar-refractivity contribution >= 4 is 5.78 Å². The highest BCUT2D eigenvalue weighted by Crippen LogP contribution is 1.99. The van der Waals surface area contributed by atoms with E-state index in [2.05, 4.69) is 4.98 Å². The molecule has 1 N–H and O–H groups in total. The molecule has 3 nitrogen and oxygen atoms in total. The van der Waals surface area contributed by atoms with Gasteiger partial charge in [-0.1, -0.05) is 30.3 Å². The number of aromatic amines is 1. The van der Waals surface area contributed by atoms with Gasteiger partial charge in [-0.25, -0.2) is 9.55 Å². The molecule has 0 bridgehead atoms. The lowest BCUT2D eigenvalue weighted by Gasteiger charge is -1.98. The van der Waals surface area contributed by atoms with E-state index < -0.39 is 0 Å². The molecule has 2 aromatic rings. The number of hydrogen-bond donors (Lipinski definition) is 1. The smallest absolute Gasteiger partial charge is 0.251 e. The van der Waals surface area contributed by atoms with Crippen LogP contribution in [0, 0.1) is 6.92 Å². The number of benzene rings is 1. The minimum Gasteiger partial charge on any atom is -1.00 e. The summed E-state index contributed by atoms with van der Waals surface area (Å²) >= 11 is 0. The zero-order chi connectivity index (χ0) is 10.7. The van der Waals surface area contributed by atoms with E-state index in [0.717, 1.165) is 11.4 Å². The summed E-state index contributed by atoms with van der Waals surface area (Å²) in [6, 6.07) is 9.34. The molecule has 0 aliphatic rings. The van der Waals surface area contributed by atoms with E-state index >= 15 is 0 Å². The van der Waals surface area contributed by atoms with Crippen LogP contribution in [0.25, 0.3) is 0 Å². The number of imidazole rings is 1. The molecule has 0 spiro atoms. The summed E-state index contributed by atoms with van der Waals surface area (Å²) in [4.78, 5) is 14.9. The van der Waals surface area contributed by atoms with Gasteiger partial charge in [0.15, 0.2) is 6.54 Å². The minimum absolute atomic E-state index is 0. The van der Waals surface area contributed by atoms with Crippen LogP contribution in [-0.2, 0) is 6.54 Å². The lowest BCUT2D eigenvalue weighted by molar-refractivity contribution is -0.687. The molecule has 4 heteroatoms. The van der Waals surface area contributed by atoms with Gasteiger partial charge in [0.2, 0.25) is 5.78 Å². The summed E-state index contributed by atoms with van der Waals surface area (Å²) in [6.07, 6.45) is 3.70. The summed E-state index contributed by atoms with van der Waals surface area (Å²) in [5, 5.41) is 0. The normalized spacial score (nSPS) is 9.56. The van der Waals surface area contributed by atoms with Crippen LogP contribution in [0.15, 0.2) is 42.7 Å². The Hall–Kier alpha value is -1.42. The maximum atomic E-state index is 11.8. The Bertz CT molecular complexity index is 465. The van der Waals surface area contributed by atoms with Gasteiger partial charge in [-0.2, -0.15) is 0 Å². The summed E-state index contributed by atoms with van der Waals surface area (Å²) in [5.74, 6) is 1.11. The lowest BCUT2D eigenvalue weighted by atomic mass is 10.1. The van der Waals surface area contributed by atoms with Gasteiger partial charge in [-0.05, 0) is 0 Å². The summed E-state index contributed by atoms with van der Waals surface area (Å²) in [5.41, 5.74) is 0.755. The van der Waals surface area contributed by atoms with Gasteiger partial charge in [-0.3, -0.25) is 4.79 Å². The fourth-order valence-electron chi connectivity index (χ4n) is 1.48. The number of Topliss-reactive ketones (excluding diaryl/α,β-unsaturated/α-hetero) is 1. The number of nitrogens with one attached hydrogen (secondary N) is 1. The molecule has 0 aliphatic carbocycles. The van der Waals surface area contributed by atoms with E-state index in [1.807, 2.05) is 54.2 Å². The molecule has 16 heavy (non-hydrogen) atoms. The Morgan fingerprint density at radius 3 is 2.56 bits per heavy atom. The van der Waals surface area contributed by atoms with Crippen molar-refractivity contribution in [2.75, 3.05) is 0 Å². The molecule has 1 aromatic carbocycles. The molecule has 0 radical (unpaired) electrons. The molecule has 2 rings (SSSR count). The molecule has 0 amide bonds. The van der Waals surface area contributed by atoms with E-state index in [1.54, 1.807) is 0 Å². The number of carbonyl (C=O) groups is 1. The van der Waals surface area contributed by atoms with Crippen LogP contribution in [0.5, 0.6) is 0 Å². The second-order valence-corrected chi connectivity index (χ2v) is 3.46. The third-order valence-electron chi connectivity index (χ3n) is 2.39. The zero-order valence-electron chi connectivity index (χ0n) is 8.98. The fraction of sp³-hybridized carbons (Fsp3) is 0.167. The van der Waals surface area contributed by atoms with Crippen LogP contribution in [0.4, 0.5) is 0 Å². The average molecular weight is 281 g/mol. The highest BCUT2D eigenvalue weighted by atomic mass is 79.9. The van der Waals surface area contributed by atoms with Gasteiger partial charge in [0, 0.05) is 12.5 Å². The van der Waals surface area contributed by atoms with Crippen LogP contribution >= 0.6 is 0 Å². The summed E-state index contributed by atoms with van der Waals surface area (Å²) in [7, 11) is 0. The predicted octanol–water partition coefficient (Wildman–Crippen LogP) is -1.50. The van der Waals surface area contributed by atoms with Gasteiger partial charge in [0.25, 0.3) is 5.82 Å². The highest BCUT2D eigenvalue weighted by molar-refractivity contribution is 5.94. The number of rotatable bonds is 3. The molecule has 0 saturated carbocycles.